The highest BCUT2D eigenvalue weighted by atomic mass is 127. The van der Waals surface area contributed by atoms with Crippen molar-refractivity contribution >= 4 is 29.9 Å². The normalized spacial score (nSPS) is 25.8. The molecule has 3 heterocycles. The zero-order valence-electron chi connectivity index (χ0n) is 17.1. The Morgan fingerprint density at radius 3 is 2.89 bits per heavy atom. The highest BCUT2D eigenvalue weighted by Gasteiger charge is 2.27. The van der Waals surface area contributed by atoms with Crippen LogP contribution in [0.2, 0.25) is 0 Å². The first-order valence-corrected chi connectivity index (χ1v) is 9.90. The van der Waals surface area contributed by atoms with Gasteiger partial charge in [0.2, 0.25) is 0 Å². The Morgan fingerprint density at radius 2 is 2.22 bits per heavy atom. The molecule has 2 aliphatic rings. The first-order valence-electron chi connectivity index (χ1n) is 9.90. The molecule has 0 aliphatic carbocycles. The molecule has 7 nitrogen and oxygen atoms in total. The van der Waals surface area contributed by atoms with E-state index in [2.05, 4.69) is 39.1 Å². The molecule has 8 heteroatoms. The van der Waals surface area contributed by atoms with Crippen molar-refractivity contribution in [2.24, 2.45) is 12.0 Å². The molecule has 1 aromatic heterocycles. The molecule has 154 valence electrons. The second kappa shape index (κ2) is 10.6. The molecule has 0 aromatic carbocycles. The van der Waals surface area contributed by atoms with Crippen molar-refractivity contribution in [2.75, 3.05) is 39.8 Å². The van der Waals surface area contributed by atoms with Crippen molar-refractivity contribution < 1.29 is 4.74 Å². The van der Waals surface area contributed by atoms with E-state index in [1.165, 1.54) is 25.8 Å². The standard InChI is InChI=1S/C19H34N6O.HI/c1-15-7-5-6-8-25(15)16(2)11-21-19(20-3)24-9-10-26-18(14-24)17-12-22-23(4)13-17;/h12-13,15-16,18H,5-11,14H2,1-4H3,(H,20,21);1H. The number of aromatic nitrogens is 2. The average molecular weight is 490 g/mol. The molecule has 3 rings (SSSR count). The van der Waals surface area contributed by atoms with Gasteiger partial charge in [-0.15, -0.1) is 24.0 Å². The Balaban J connectivity index is 0.00000261. The van der Waals surface area contributed by atoms with E-state index in [0.29, 0.717) is 18.7 Å². The number of nitrogens with zero attached hydrogens (tertiary/aromatic N) is 5. The minimum Gasteiger partial charge on any atom is -0.370 e. The number of halogens is 1. The van der Waals surface area contributed by atoms with E-state index in [1.54, 1.807) is 0 Å². The van der Waals surface area contributed by atoms with Gasteiger partial charge in [-0.25, -0.2) is 0 Å². The minimum atomic E-state index is 0. The summed E-state index contributed by atoms with van der Waals surface area (Å²) in [6, 6.07) is 1.19. The summed E-state index contributed by atoms with van der Waals surface area (Å²) in [4.78, 5) is 9.44. The predicted molar refractivity (Wildman–Crippen MR) is 120 cm³/mol. The second-order valence-corrected chi connectivity index (χ2v) is 7.61. The molecule has 1 aromatic rings. The molecule has 1 N–H and O–H groups in total. The number of morpholine rings is 1. The highest BCUT2D eigenvalue weighted by Crippen LogP contribution is 2.22. The van der Waals surface area contributed by atoms with E-state index in [4.69, 9.17) is 4.74 Å². The van der Waals surface area contributed by atoms with Crippen molar-refractivity contribution in [1.29, 1.82) is 0 Å². The number of guanidine groups is 1. The molecular formula is C19H35IN6O. The average Bonchev–Trinajstić information content (AvgIpc) is 3.09. The Hall–Kier alpha value is -0.870. The van der Waals surface area contributed by atoms with E-state index in [9.17, 15) is 0 Å². The number of rotatable bonds is 4. The van der Waals surface area contributed by atoms with E-state index in [-0.39, 0.29) is 30.1 Å². The summed E-state index contributed by atoms with van der Waals surface area (Å²) in [6.45, 7) is 9.18. The van der Waals surface area contributed by atoms with Crippen LogP contribution in [-0.2, 0) is 11.8 Å². The SMILES string of the molecule is CN=C(NCC(C)N1CCCCC1C)N1CCOC(c2cnn(C)c2)C1.I. The number of aryl methyl sites for hydroxylation is 1. The third-order valence-electron chi connectivity index (χ3n) is 5.65. The first-order chi connectivity index (χ1) is 12.6. The van der Waals surface area contributed by atoms with Gasteiger partial charge in [-0.3, -0.25) is 14.6 Å². The predicted octanol–water partition coefficient (Wildman–Crippen LogP) is 2.25. The summed E-state index contributed by atoms with van der Waals surface area (Å²) in [5, 5.41) is 7.86. The topological polar surface area (TPSA) is 57.9 Å². The van der Waals surface area contributed by atoms with Crippen LogP contribution in [0.1, 0.15) is 44.8 Å². The van der Waals surface area contributed by atoms with Crippen LogP contribution in [0.4, 0.5) is 0 Å². The van der Waals surface area contributed by atoms with Gasteiger partial charge in [-0.1, -0.05) is 6.42 Å². The van der Waals surface area contributed by atoms with Crippen LogP contribution in [0.25, 0.3) is 0 Å². The number of nitrogens with one attached hydrogen (secondary N) is 1. The second-order valence-electron chi connectivity index (χ2n) is 7.61. The molecule has 3 unspecified atom stereocenters. The Labute approximate surface area is 180 Å². The fourth-order valence-electron chi connectivity index (χ4n) is 4.11. The quantitative estimate of drug-likeness (QED) is 0.399. The molecule has 2 aliphatic heterocycles. The molecule has 27 heavy (non-hydrogen) atoms. The largest absolute Gasteiger partial charge is 0.370 e. The Morgan fingerprint density at radius 1 is 1.41 bits per heavy atom. The zero-order chi connectivity index (χ0) is 18.5. The summed E-state index contributed by atoms with van der Waals surface area (Å²) in [6.07, 6.45) is 7.97. The van der Waals surface area contributed by atoms with Gasteiger partial charge in [0.25, 0.3) is 0 Å². The van der Waals surface area contributed by atoms with Crippen LogP contribution in [0.15, 0.2) is 17.4 Å². The summed E-state index contributed by atoms with van der Waals surface area (Å²) in [7, 11) is 3.80. The van der Waals surface area contributed by atoms with Gasteiger partial charge < -0.3 is 15.0 Å². The van der Waals surface area contributed by atoms with E-state index in [1.807, 2.05) is 31.2 Å². The smallest absolute Gasteiger partial charge is 0.193 e. The number of aliphatic imine (C=N–C) groups is 1. The van der Waals surface area contributed by atoms with Crippen molar-refractivity contribution in [2.45, 2.75) is 51.3 Å². The molecule has 0 saturated carbocycles. The lowest BCUT2D eigenvalue weighted by molar-refractivity contribution is -0.00818. The van der Waals surface area contributed by atoms with Gasteiger partial charge in [0.05, 0.1) is 19.3 Å². The van der Waals surface area contributed by atoms with Gasteiger partial charge in [0.15, 0.2) is 5.96 Å². The third-order valence-corrected chi connectivity index (χ3v) is 5.65. The maximum absolute atomic E-state index is 5.95. The molecule has 0 bridgehead atoms. The maximum Gasteiger partial charge on any atom is 0.193 e. The van der Waals surface area contributed by atoms with Crippen molar-refractivity contribution in [1.82, 2.24) is 24.9 Å². The van der Waals surface area contributed by atoms with Gasteiger partial charge >= 0.3 is 0 Å². The lowest BCUT2D eigenvalue weighted by atomic mass is 10.0. The molecule has 0 radical (unpaired) electrons. The third kappa shape index (κ3) is 5.80. The van der Waals surface area contributed by atoms with Gasteiger partial charge in [0.1, 0.15) is 6.10 Å². The van der Waals surface area contributed by atoms with Gasteiger partial charge in [0, 0.05) is 51.0 Å². The van der Waals surface area contributed by atoms with Crippen molar-refractivity contribution in [3.05, 3.63) is 18.0 Å². The van der Waals surface area contributed by atoms with Crippen LogP contribution in [0.3, 0.4) is 0 Å². The Bertz CT molecular complexity index is 607. The van der Waals surface area contributed by atoms with Crippen LogP contribution >= 0.6 is 24.0 Å². The van der Waals surface area contributed by atoms with E-state index >= 15 is 0 Å². The number of piperidine rings is 1. The van der Waals surface area contributed by atoms with Crippen LogP contribution < -0.4 is 5.32 Å². The number of hydrogen-bond donors (Lipinski definition) is 1. The lowest BCUT2D eigenvalue weighted by Crippen LogP contribution is -2.53. The number of likely N-dealkylation sites (tertiary alicyclic amines) is 1. The highest BCUT2D eigenvalue weighted by molar-refractivity contribution is 14.0. The number of hydrogen-bond acceptors (Lipinski definition) is 4. The first kappa shape index (κ1) is 22.4. The maximum atomic E-state index is 5.95. The van der Waals surface area contributed by atoms with Gasteiger partial charge in [-0.05, 0) is 33.2 Å². The zero-order valence-corrected chi connectivity index (χ0v) is 19.4. The molecule has 3 atom stereocenters. The van der Waals surface area contributed by atoms with E-state index < -0.39 is 0 Å². The monoisotopic (exact) mass is 490 g/mol. The summed E-state index contributed by atoms with van der Waals surface area (Å²) in [5.41, 5.74) is 1.13. The molecule has 0 amide bonds. The van der Waals surface area contributed by atoms with E-state index in [0.717, 1.165) is 31.2 Å². The van der Waals surface area contributed by atoms with Crippen LogP contribution in [0, 0.1) is 0 Å². The minimum absolute atomic E-state index is 0. The number of ether oxygens (including phenoxy) is 1. The Kier molecular flexibility index (Phi) is 8.81. The van der Waals surface area contributed by atoms with Crippen LogP contribution in [0.5, 0.6) is 0 Å². The molecule has 0 spiro atoms. The van der Waals surface area contributed by atoms with Crippen molar-refractivity contribution in [3.63, 3.8) is 0 Å². The van der Waals surface area contributed by atoms with Crippen LogP contribution in [-0.4, -0.2) is 77.5 Å². The molecule has 2 fully saturated rings. The molecule has 2 saturated heterocycles. The lowest BCUT2D eigenvalue weighted by Gasteiger charge is -2.39. The summed E-state index contributed by atoms with van der Waals surface area (Å²) >= 11 is 0. The molecular weight excluding hydrogens is 455 g/mol. The summed E-state index contributed by atoms with van der Waals surface area (Å²) < 4.78 is 7.78. The van der Waals surface area contributed by atoms with Gasteiger partial charge in [-0.2, -0.15) is 5.10 Å². The van der Waals surface area contributed by atoms with Crippen molar-refractivity contribution in [3.8, 4) is 0 Å². The summed E-state index contributed by atoms with van der Waals surface area (Å²) in [5.74, 6) is 0.971. The fraction of sp³-hybridized carbons (Fsp3) is 0.789. The fourth-order valence-corrected chi connectivity index (χ4v) is 4.11.